The van der Waals surface area contributed by atoms with Crippen molar-refractivity contribution < 1.29 is 13.9 Å². The summed E-state index contributed by atoms with van der Waals surface area (Å²) in [6.45, 7) is 4.65. The summed E-state index contributed by atoms with van der Waals surface area (Å²) in [6, 6.07) is 6.07. The van der Waals surface area contributed by atoms with Crippen molar-refractivity contribution in [2.24, 2.45) is 0 Å². The fraction of sp³-hybridized carbons (Fsp3) is 0.480. The van der Waals surface area contributed by atoms with Crippen LogP contribution < -0.4 is 15.2 Å². The Balaban J connectivity index is 1.32. The molecule has 5 rings (SSSR count). The number of halogens is 1. The lowest BCUT2D eigenvalue weighted by atomic mass is 9.97. The monoisotopic (exact) mass is 484 g/mol. The van der Waals surface area contributed by atoms with Crippen LogP contribution in [0.1, 0.15) is 36.6 Å². The van der Waals surface area contributed by atoms with Gasteiger partial charge in [-0.1, -0.05) is 19.1 Å². The van der Waals surface area contributed by atoms with Crippen LogP contribution in [0.25, 0.3) is 10.2 Å². The summed E-state index contributed by atoms with van der Waals surface area (Å²) in [7, 11) is 0. The first-order valence-electron chi connectivity index (χ1n) is 12.0. The van der Waals surface area contributed by atoms with Gasteiger partial charge in [0.2, 0.25) is 5.95 Å². The van der Waals surface area contributed by atoms with Crippen molar-refractivity contribution in [3.8, 4) is 5.75 Å². The molecule has 180 valence electrons. The topological polar surface area (TPSA) is 67.7 Å². The fourth-order valence-corrected chi connectivity index (χ4v) is 6.09. The molecule has 3 heterocycles. The number of carbonyl (C=O) groups excluding carboxylic acids is 1. The SMILES string of the molecule is CCCn1c(N2CCN(C(=O)COc3ccccc3F)CC2)nc2sc3c(c2c1=O)CCCC3. The van der Waals surface area contributed by atoms with E-state index in [0.29, 0.717) is 38.7 Å². The summed E-state index contributed by atoms with van der Waals surface area (Å²) < 4.78 is 21.0. The summed E-state index contributed by atoms with van der Waals surface area (Å²) in [4.78, 5) is 37.1. The molecule has 0 radical (unpaired) electrons. The number of hydrogen-bond donors (Lipinski definition) is 0. The molecule has 0 spiro atoms. The number of para-hydroxylation sites is 1. The second-order valence-corrected chi connectivity index (χ2v) is 9.93. The maximum atomic E-state index is 13.8. The first-order chi connectivity index (χ1) is 16.6. The molecule has 2 aromatic heterocycles. The van der Waals surface area contributed by atoms with Crippen LogP contribution in [0, 0.1) is 5.82 Å². The minimum Gasteiger partial charge on any atom is -0.481 e. The van der Waals surface area contributed by atoms with Gasteiger partial charge < -0.3 is 14.5 Å². The van der Waals surface area contributed by atoms with Crippen molar-refractivity contribution in [2.75, 3.05) is 37.7 Å². The highest BCUT2D eigenvalue weighted by atomic mass is 32.1. The molecule has 2 aliphatic rings. The number of piperazine rings is 1. The quantitative estimate of drug-likeness (QED) is 0.535. The minimum atomic E-state index is -0.481. The Morgan fingerprint density at radius 3 is 2.68 bits per heavy atom. The molecule has 9 heteroatoms. The second kappa shape index (κ2) is 9.74. The van der Waals surface area contributed by atoms with E-state index in [1.54, 1.807) is 28.4 Å². The predicted molar refractivity (Wildman–Crippen MR) is 132 cm³/mol. The van der Waals surface area contributed by atoms with Crippen molar-refractivity contribution in [3.05, 3.63) is 50.9 Å². The van der Waals surface area contributed by atoms with Gasteiger partial charge in [0.1, 0.15) is 4.83 Å². The van der Waals surface area contributed by atoms with E-state index < -0.39 is 5.82 Å². The highest BCUT2D eigenvalue weighted by Crippen LogP contribution is 2.34. The number of hydrogen-bond acceptors (Lipinski definition) is 6. The van der Waals surface area contributed by atoms with Gasteiger partial charge in [0.25, 0.3) is 11.5 Å². The van der Waals surface area contributed by atoms with E-state index in [0.717, 1.165) is 35.9 Å². The molecule has 0 bridgehead atoms. The van der Waals surface area contributed by atoms with E-state index in [-0.39, 0.29) is 23.8 Å². The number of aryl methyl sites for hydroxylation is 2. The Bertz CT molecular complexity index is 1260. The van der Waals surface area contributed by atoms with Crippen LogP contribution in [0.3, 0.4) is 0 Å². The molecule has 0 atom stereocenters. The molecular formula is C25H29FN4O3S. The molecule has 1 aliphatic carbocycles. The fourth-order valence-electron chi connectivity index (χ4n) is 4.84. The van der Waals surface area contributed by atoms with Gasteiger partial charge in [-0.25, -0.2) is 9.37 Å². The number of anilines is 1. The summed E-state index contributed by atoms with van der Waals surface area (Å²) in [5.74, 6) is 0.121. The van der Waals surface area contributed by atoms with Gasteiger partial charge in [0, 0.05) is 37.6 Å². The Labute approximate surface area is 201 Å². The Morgan fingerprint density at radius 2 is 1.91 bits per heavy atom. The zero-order valence-electron chi connectivity index (χ0n) is 19.4. The number of carbonyl (C=O) groups is 1. The molecule has 1 aromatic carbocycles. The average molecular weight is 485 g/mol. The molecule has 1 saturated heterocycles. The number of rotatable bonds is 6. The predicted octanol–water partition coefficient (Wildman–Crippen LogP) is 3.61. The first-order valence-corrected chi connectivity index (χ1v) is 12.8. The smallest absolute Gasteiger partial charge is 0.263 e. The third-order valence-electron chi connectivity index (χ3n) is 6.60. The van der Waals surface area contributed by atoms with Gasteiger partial charge in [-0.05, 0) is 49.8 Å². The lowest BCUT2D eigenvalue weighted by Gasteiger charge is -2.36. The summed E-state index contributed by atoms with van der Waals surface area (Å²) in [6.07, 6.45) is 5.15. The number of benzene rings is 1. The van der Waals surface area contributed by atoms with Gasteiger partial charge in [-0.2, -0.15) is 0 Å². The van der Waals surface area contributed by atoms with Gasteiger partial charge in [0.15, 0.2) is 18.2 Å². The highest BCUT2D eigenvalue weighted by Gasteiger charge is 2.27. The van der Waals surface area contributed by atoms with Gasteiger partial charge in [-0.3, -0.25) is 14.2 Å². The van der Waals surface area contributed by atoms with Crippen LogP contribution in [-0.4, -0.2) is 53.1 Å². The second-order valence-electron chi connectivity index (χ2n) is 8.85. The van der Waals surface area contributed by atoms with Crippen LogP contribution >= 0.6 is 11.3 Å². The number of nitrogens with zero attached hydrogens (tertiary/aromatic N) is 4. The number of ether oxygens (including phenoxy) is 1. The lowest BCUT2D eigenvalue weighted by Crippen LogP contribution is -2.51. The van der Waals surface area contributed by atoms with Crippen LogP contribution in [0.4, 0.5) is 10.3 Å². The van der Waals surface area contributed by atoms with E-state index in [9.17, 15) is 14.0 Å². The summed E-state index contributed by atoms with van der Waals surface area (Å²) in [5.41, 5.74) is 1.28. The molecule has 34 heavy (non-hydrogen) atoms. The molecule has 0 N–H and O–H groups in total. The minimum absolute atomic E-state index is 0.0676. The highest BCUT2D eigenvalue weighted by molar-refractivity contribution is 7.18. The van der Waals surface area contributed by atoms with E-state index in [1.165, 1.54) is 29.0 Å². The van der Waals surface area contributed by atoms with Crippen LogP contribution in [0.15, 0.2) is 29.1 Å². The molecular weight excluding hydrogens is 455 g/mol. The molecule has 7 nitrogen and oxygen atoms in total. The molecule has 3 aromatic rings. The Hall–Kier alpha value is -2.94. The van der Waals surface area contributed by atoms with Crippen molar-refractivity contribution in [1.82, 2.24) is 14.5 Å². The lowest BCUT2D eigenvalue weighted by molar-refractivity contribution is -0.133. The van der Waals surface area contributed by atoms with E-state index in [2.05, 4.69) is 11.8 Å². The Morgan fingerprint density at radius 1 is 1.15 bits per heavy atom. The van der Waals surface area contributed by atoms with Gasteiger partial charge in [0.05, 0.1) is 5.39 Å². The van der Waals surface area contributed by atoms with E-state index >= 15 is 0 Å². The maximum Gasteiger partial charge on any atom is 0.263 e. The summed E-state index contributed by atoms with van der Waals surface area (Å²) >= 11 is 1.67. The summed E-state index contributed by atoms with van der Waals surface area (Å²) in [5, 5.41) is 0.816. The van der Waals surface area contributed by atoms with Crippen molar-refractivity contribution in [3.63, 3.8) is 0 Å². The van der Waals surface area contributed by atoms with Crippen molar-refractivity contribution >= 4 is 33.4 Å². The molecule has 1 fully saturated rings. The van der Waals surface area contributed by atoms with Crippen molar-refractivity contribution in [1.29, 1.82) is 0 Å². The van der Waals surface area contributed by atoms with Crippen molar-refractivity contribution in [2.45, 2.75) is 45.6 Å². The number of fused-ring (bicyclic) bond motifs is 3. The first kappa shape index (κ1) is 22.8. The third-order valence-corrected chi connectivity index (χ3v) is 7.79. The van der Waals surface area contributed by atoms with Crippen LogP contribution in [0.2, 0.25) is 0 Å². The number of thiophene rings is 1. The zero-order valence-corrected chi connectivity index (χ0v) is 20.2. The normalized spacial score (nSPS) is 16.1. The number of amides is 1. The Kier molecular flexibility index (Phi) is 6.54. The number of aromatic nitrogens is 2. The average Bonchev–Trinajstić information content (AvgIpc) is 3.24. The zero-order chi connectivity index (χ0) is 23.7. The maximum absolute atomic E-state index is 13.8. The third kappa shape index (κ3) is 4.29. The van der Waals surface area contributed by atoms with Gasteiger partial charge >= 0.3 is 0 Å². The molecule has 1 aliphatic heterocycles. The standard InChI is InChI=1S/C25H29FN4O3S/c1-2-11-30-24(32)22-17-7-3-6-10-20(17)34-23(22)27-25(30)29-14-12-28(13-15-29)21(31)16-33-19-9-5-4-8-18(19)26/h4-5,8-9H,2-3,6-7,10-16H2,1H3. The van der Waals surface area contributed by atoms with Crippen LogP contribution in [0.5, 0.6) is 5.75 Å². The van der Waals surface area contributed by atoms with E-state index in [4.69, 9.17) is 9.72 Å². The van der Waals surface area contributed by atoms with Gasteiger partial charge in [-0.15, -0.1) is 11.3 Å². The van der Waals surface area contributed by atoms with Crippen LogP contribution in [-0.2, 0) is 24.2 Å². The molecule has 0 saturated carbocycles. The molecule has 1 amide bonds. The van der Waals surface area contributed by atoms with E-state index in [1.807, 2.05) is 4.57 Å². The molecule has 0 unspecified atom stereocenters. The largest absolute Gasteiger partial charge is 0.481 e.